The number of anilines is 1. The van der Waals surface area contributed by atoms with Crippen molar-refractivity contribution in [2.75, 3.05) is 5.73 Å². The molecule has 0 unspecified atom stereocenters. The van der Waals surface area contributed by atoms with Crippen molar-refractivity contribution in [3.8, 4) is 11.5 Å². The first-order valence-electron chi connectivity index (χ1n) is 4.89. The average molecular weight is 249 g/mol. The summed E-state index contributed by atoms with van der Waals surface area (Å²) in [5.74, 6) is -0.777. The van der Waals surface area contributed by atoms with Crippen LogP contribution in [0, 0.1) is 15.9 Å². The Bertz CT molecular complexity index is 590. The average Bonchev–Trinajstić information content (AvgIpc) is 2.33. The number of benzene rings is 1. The number of pyridine rings is 1. The molecule has 0 amide bonds. The van der Waals surface area contributed by atoms with Gasteiger partial charge in [-0.25, -0.2) is 4.39 Å². The molecule has 0 fully saturated rings. The standard InChI is InChI=1S/C11H8FN3O3/c12-8-4-9(13)10(15(16)17)5-11(8)18-7-2-1-3-14-6-7/h1-6H,13H2. The summed E-state index contributed by atoms with van der Waals surface area (Å²) in [6.45, 7) is 0. The van der Waals surface area contributed by atoms with Gasteiger partial charge in [-0.2, -0.15) is 0 Å². The maximum Gasteiger partial charge on any atom is 0.296 e. The Labute approximate surface area is 101 Å². The monoisotopic (exact) mass is 249 g/mol. The van der Waals surface area contributed by atoms with Crippen LogP contribution in [0.15, 0.2) is 36.7 Å². The Morgan fingerprint density at radius 1 is 1.44 bits per heavy atom. The van der Waals surface area contributed by atoms with Crippen LogP contribution in [0.25, 0.3) is 0 Å². The first kappa shape index (κ1) is 11.8. The summed E-state index contributed by atoms with van der Waals surface area (Å²) >= 11 is 0. The fourth-order valence-corrected chi connectivity index (χ4v) is 1.33. The first-order chi connectivity index (χ1) is 8.58. The van der Waals surface area contributed by atoms with Gasteiger partial charge in [0.15, 0.2) is 11.6 Å². The Morgan fingerprint density at radius 3 is 2.83 bits per heavy atom. The number of rotatable bonds is 3. The van der Waals surface area contributed by atoms with Gasteiger partial charge in [-0.15, -0.1) is 0 Å². The van der Waals surface area contributed by atoms with E-state index in [0.29, 0.717) is 0 Å². The van der Waals surface area contributed by atoms with Crippen molar-refractivity contribution in [1.29, 1.82) is 0 Å². The Morgan fingerprint density at radius 2 is 2.22 bits per heavy atom. The minimum absolute atomic E-state index is 0.254. The molecular formula is C11H8FN3O3. The second-order valence-corrected chi connectivity index (χ2v) is 3.39. The van der Waals surface area contributed by atoms with Crippen LogP contribution in [0.1, 0.15) is 0 Å². The molecule has 2 rings (SSSR count). The van der Waals surface area contributed by atoms with Gasteiger partial charge in [0.1, 0.15) is 11.4 Å². The zero-order valence-corrected chi connectivity index (χ0v) is 9.04. The molecule has 0 aliphatic heterocycles. The van der Waals surface area contributed by atoms with E-state index in [1.54, 1.807) is 12.1 Å². The lowest BCUT2D eigenvalue weighted by Crippen LogP contribution is -1.98. The molecule has 6 nitrogen and oxygen atoms in total. The fourth-order valence-electron chi connectivity index (χ4n) is 1.33. The van der Waals surface area contributed by atoms with E-state index < -0.39 is 16.4 Å². The maximum absolute atomic E-state index is 13.5. The van der Waals surface area contributed by atoms with E-state index >= 15 is 0 Å². The lowest BCUT2D eigenvalue weighted by atomic mass is 10.2. The second kappa shape index (κ2) is 4.66. The fraction of sp³-hybridized carbons (Fsp3) is 0. The highest BCUT2D eigenvalue weighted by Crippen LogP contribution is 2.32. The van der Waals surface area contributed by atoms with Gasteiger partial charge in [0.05, 0.1) is 17.2 Å². The number of nitrogen functional groups attached to an aromatic ring is 1. The lowest BCUT2D eigenvalue weighted by Gasteiger charge is -2.07. The summed E-state index contributed by atoms with van der Waals surface area (Å²) in [4.78, 5) is 13.7. The zero-order valence-electron chi connectivity index (χ0n) is 9.04. The normalized spacial score (nSPS) is 10.1. The number of nitrogens with zero attached hydrogens (tertiary/aromatic N) is 2. The predicted molar refractivity (Wildman–Crippen MR) is 61.8 cm³/mol. The van der Waals surface area contributed by atoms with Gasteiger partial charge in [-0.3, -0.25) is 15.1 Å². The number of ether oxygens (including phenoxy) is 1. The van der Waals surface area contributed by atoms with Crippen LogP contribution in [0.2, 0.25) is 0 Å². The van der Waals surface area contributed by atoms with Crippen LogP contribution in [-0.4, -0.2) is 9.91 Å². The van der Waals surface area contributed by atoms with E-state index in [-0.39, 0.29) is 17.2 Å². The first-order valence-corrected chi connectivity index (χ1v) is 4.89. The van der Waals surface area contributed by atoms with Crippen LogP contribution in [-0.2, 0) is 0 Å². The van der Waals surface area contributed by atoms with Gasteiger partial charge < -0.3 is 10.5 Å². The third-order valence-electron chi connectivity index (χ3n) is 2.14. The topological polar surface area (TPSA) is 91.3 Å². The minimum atomic E-state index is -0.776. The number of hydrogen-bond donors (Lipinski definition) is 1. The molecule has 0 aliphatic carbocycles. The third-order valence-corrected chi connectivity index (χ3v) is 2.14. The number of nitrogens with two attached hydrogens (primary N) is 1. The van der Waals surface area contributed by atoms with Crippen LogP contribution < -0.4 is 10.5 Å². The molecule has 18 heavy (non-hydrogen) atoms. The molecule has 0 bridgehead atoms. The number of nitro benzene ring substituents is 1. The molecule has 1 heterocycles. The summed E-state index contributed by atoms with van der Waals surface area (Å²) in [6.07, 6.45) is 2.89. The highest BCUT2D eigenvalue weighted by atomic mass is 19.1. The summed E-state index contributed by atoms with van der Waals surface area (Å²) in [7, 11) is 0. The lowest BCUT2D eigenvalue weighted by molar-refractivity contribution is -0.384. The van der Waals surface area contributed by atoms with Crippen molar-refractivity contribution in [2.24, 2.45) is 0 Å². The summed E-state index contributed by atoms with van der Waals surface area (Å²) < 4.78 is 18.7. The molecule has 0 radical (unpaired) electrons. The van der Waals surface area contributed by atoms with Crippen molar-refractivity contribution in [2.45, 2.75) is 0 Å². The smallest absolute Gasteiger partial charge is 0.296 e. The van der Waals surface area contributed by atoms with E-state index in [1.165, 1.54) is 12.4 Å². The molecule has 7 heteroatoms. The van der Waals surface area contributed by atoms with Crippen molar-refractivity contribution in [3.05, 3.63) is 52.6 Å². The van der Waals surface area contributed by atoms with Crippen molar-refractivity contribution < 1.29 is 14.1 Å². The zero-order chi connectivity index (χ0) is 13.1. The largest absolute Gasteiger partial charge is 0.452 e. The van der Waals surface area contributed by atoms with E-state index in [2.05, 4.69) is 4.98 Å². The van der Waals surface area contributed by atoms with Gasteiger partial charge >= 0.3 is 0 Å². The van der Waals surface area contributed by atoms with E-state index in [1.807, 2.05) is 0 Å². The van der Waals surface area contributed by atoms with Gasteiger partial charge in [-0.1, -0.05) is 0 Å². The molecule has 0 atom stereocenters. The van der Waals surface area contributed by atoms with Crippen LogP contribution in [0.3, 0.4) is 0 Å². The van der Waals surface area contributed by atoms with Gasteiger partial charge in [0.25, 0.3) is 5.69 Å². The van der Waals surface area contributed by atoms with E-state index in [4.69, 9.17) is 10.5 Å². The molecule has 2 N–H and O–H groups in total. The third kappa shape index (κ3) is 2.34. The number of halogens is 1. The summed E-state index contributed by atoms with van der Waals surface area (Å²) in [5.41, 5.74) is 4.67. The number of aromatic nitrogens is 1. The summed E-state index contributed by atoms with van der Waals surface area (Å²) in [5, 5.41) is 10.7. The molecular weight excluding hydrogens is 241 g/mol. The quantitative estimate of drug-likeness (QED) is 0.512. The number of hydrogen-bond acceptors (Lipinski definition) is 5. The molecule has 0 aliphatic rings. The highest BCUT2D eigenvalue weighted by Gasteiger charge is 2.17. The molecule has 1 aromatic heterocycles. The highest BCUT2D eigenvalue weighted by molar-refractivity contribution is 5.61. The van der Waals surface area contributed by atoms with E-state index in [9.17, 15) is 14.5 Å². The van der Waals surface area contributed by atoms with Crippen molar-refractivity contribution in [3.63, 3.8) is 0 Å². The van der Waals surface area contributed by atoms with E-state index in [0.717, 1.165) is 12.1 Å². The Hall–Kier alpha value is -2.70. The molecule has 0 spiro atoms. The molecule has 2 aromatic rings. The molecule has 0 saturated heterocycles. The molecule has 0 saturated carbocycles. The van der Waals surface area contributed by atoms with Crippen LogP contribution in [0.4, 0.5) is 15.8 Å². The SMILES string of the molecule is Nc1cc(F)c(Oc2cccnc2)cc1[N+](=O)[O-]. The van der Waals surface area contributed by atoms with Crippen molar-refractivity contribution in [1.82, 2.24) is 4.98 Å². The minimum Gasteiger partial charge on any atom is -0.452 e. The second-order valence-electron chi connectivity index (χ2n) is 3.39. The number of nitro groups is 1. The molecule has 92 valence electrons. The molecule has 1 aromatic carbocycles. The van der Waals surface area contributed by atoms with Crippen LogP contribution in [0.5, 0.6) is 11.5 Å². The van der Waals surface area contributed by atoms with Crippen LogP contribution >= 0.6 is 0 Å². The van der Waals surface area contributed by atoms with Crippen molar-refractivity contribution >= 4 is 11.4 Å². The summed E-state index contributed by atoms with van der Waals surface area (Å²) in [6, 6.07) is 4.94. The maximum atomic E-state index is 13.5. The predicted octanol–water partition coefficient (Wildman–Crippen LogP) is 2.50. The van der Waals surface area contributed by atoms with Gasteiger partial charge in [0.2, 0.25) is 0 Å². The Kier molecular flexibility index (Phi) is 3.05. The van der Waals surface area contributed by atoms with Gasteiger partial charge in [-0.05, 0) is 12.1 Å². The Balaban J connectivity index is 2.39. The van der Waals surface area contributed by atoms with Gasteiger partial charge in [0, 0.05) is 12.3 Å².